The Kier molecular flexibility index (Phi) is 9.66. The van der Waals surface area contributed by atoms with Gasteiger partial charge in [-0.25, -0.2) is 0 Å². The van der Waals surface area contributed by atoms with E-state index in [2.05, 4.69) is 5.32 Å². The molecule has 0 radical (unpaired) electrons. The summed E-state index contributed by atoms with van der Waals surface area (Å²) in [5.74, 6) is 0.184. The molecule has 0 saturated heterocycles. The summed E-state index contributed by atoms with van der Waals surface area (Å²) in [6.45, 7) is 7.80. The second-order valence-corrected chi connectivity index (χ2v) is 8.38. The minimum absolute atomic E-state index is 0.0201. The summed E-state index contributed by atoms with van der Waals surface area (Å²) >= 11 is 12.2. The molecule has 5 nitrogen and oxygen atoms in total. The van der Waals surface area contributed by atoms with Crippen LogP contribution in [0.15, 0.2) is 42.5 Å². The molecule has 0 aliphatic carbocycles. The van der Waals surface area contributed by atoms with Crippen LogP contribution < -0.4 is 10.1 Å². The third kappa shape index (κ3) is 7.15. The van der Waals surface area contributed by atoms with Crippen molar-refractivity contribution in [3.05, 3.63) is 63.6 Å². The van der Waals surface area contributed by atoms with E-state index >= 15 is 0 Å². The van der Waals surface area contributed by atoms with Gasteiger partial charge >= 0.3 is 0 Å². The van der Waals surface area contributed by atoms with Gasteiger partial charge in [0.2, 0.25) is 5.91 Å². The number of rotatable bonds is 10. The molecule has 0 aliphatic heterocycles. The predicted molar refractivity (Wildman–Crippen MR) is 126 cm³/mol. The lowest BCUT2D eigenvalue weighted by Gasteiger charge is -2.31. The topological polar surface area (TPSA) is 58.6 Å². The van der Waals surface area contributed by atoms with Crippen molar-refractivity contribution in [3.8, 4) is 5.75 Å². The minimum Gasteiger partial charge on any atom is -0.484 e. The van der Waals surface area contributed by atoms with Crippen molar-refractivity contribution >= 4 is 35.0 Å². The summed E-state index contributed by atoms with van der Waals surface area (Å²) in [6.07, 6.45) is 1.28. The molecule has 0 fully saturated rings. The van der Waals surface area contributed by atoms with Gasteiger partial charge in [0.1, 0.15) is 11.8 Å². The van der Waals surface area contributed by atoms with Crippen LogP contribution in [0.1, 0.15) is 44.7 Å². The number of carbonyl (C=O) groups is 2. The summed E-state index contributed by atoms with van der Waals surface area (Å²) < 4.78 is 5.77. The predicted octanol–water partition coefficient (Wildman–Crippen LogP) is 5.40. The monoisotopic (exact) mass is 464 g/mol. The highest BCUT2D eigenvalue weighted by Crippen LogP contribution is 2.24. The molecule has 0 saturated carbocycles. The summed E-state index contributed by atoms with van der Waals surface area (Å²) in [4.78, 5) is 27.7. The summed E-state index contributed by atoms with van der Waals surface area (Å²) in [7, 11) is 0. The van der Waals surface area contributed by atoms with E-state index in [0.717, 1.165) is 17.5 Å². The van der Waals surface area contributed by atoms with E-state index in [1.807, 2.05) is 52.0 Å². The van der Waals surface area contributed by atoms with Crippen molar-refractivity contribution in [2.75, 3.05) is 6.61 Å². The van der Waals surface area contributed by atoms with E-state index in [1.54, 1.807) is 23.1 Å². The lowest BCUT2D eigenvalue weighted by Crippen LogP contribution is -2.51. The van der Waals surface area contributed by atoms with Gasteiger partial charge in [0, 0.05) is 12.6 Å². The van der Waals surface area contributed by atoms with Gasteiger partial charge in [-0.2, -0.15) is 0 Å². The fourth-order valence-corrected chi connectivity index (χ4v) is 3.46. The Hall–Kier alpha value is -2.24. The first-order valence-corrected chi connectivity index (χ1v) is 11.2. The van der Waals surface area contributed by atoms with Gasteiger partial charge < -0.3 is 15.0 Å². The van der Waals surface area contributed by atoms with Crippen LogP contribution in [0, 0.1) is 6.92 Å². The van der Waals surface area contributed by atoms with E-state index in [9.17, 15) is 9.59 Å². The fourth-order valence-electron chi connectivity index (χ4n) is 3.14. The Bertz CT molecular complexity index is 904. The molecule has 0 aliphatic rings. The maximum atomic E-state index is 13.2. The highest BCUT2D eigenvalue weighted by Gasteiger charge is 2.29. The number of para-hydroxylation sites is 1. The molecule has 31 heavy (non-hydrogen) atoms. The average Bonchev–Trinajstić information content (AvgIpc) is 2.75. The van der Waals surface area contributed by atoms with Gasteiger partial charge in [0.25, 0.3) is 5.91 Å². The molecule has 7 heteroatoms. The van der Waals surface area contributed by atoms with Crippen molar-refractivity contribution in [1.82, 2.24) is 10.2 Å². The Morgan fingerprint density at radius 3 is 2.39 bits per heavy atom. The zero-order valence-electron chi connectivity index (χ0n) is 18.5. The van der Waals surface area contributed by atoms with Gasteiger partial charge in [0.15, 0.2) is 6.61 Å². The Morgan fingerprint density at radius 2 is 1.77 bits per heavy atom. The number of halogens is 2. The van der Waals surface area contributed by atoms with Crippen LogP contribution in [0.4, 0.5) is 0 Å². The number of amides is 2. The van der Waals surface area contributed by atoms with E-state index in [0.29, 0.717) is 22.2 Å². The number of carbonyl (C=O) groups excluding carboxylic acids is 2. The molecule has 2 amide bonds. The van der Waals surface area contributed by atoms with Gasteiger partial charge in [-0.1, -0.05) is 61.3 Å². The number of nitrogens with one attached hydrogen (secondary N) is 1. The highest BCUT2D eigenvalue weighted by molar-refractivity contribution is 6.42. The fraction of sp³-hybridized carbons (Fsp3) is 0.417. The van der Waals surface area contributed by atoms with E-state index < -0.39 is 6.04 Å². The summed E-state index contributed by atoms with van der Waals surface area (Å²) in [6, 6.07) is 12.1. The number of ether oxygens (including phenoxy) is 1. The summed E-state index contributed by atoms with van der Waals surface area (Å²) in [5.41, 5.74) is 1.72. The van der Waals surface area contributed by atoms with Gasteiger partial charge in [-0.05, 0) is 56.0 Å². The third-order valence-corrected chi connectivity index (χ3v) is 5.91. The van der Waals surface area contributed by atoms with Crippen molar-refractivity contribution in [2.45, 2.75) is 59.2 Å². The molecule has 0 aromatic heterocycles. The molecule has 0 bridgehead atoms. The molecule has 2 rings (SSSR count). The Labute approximate surface area is 194 Å². The standard InChI is InChI=1S/C24H30Cl2N2O3/c1-5-17(4)27-24(30)21(6-2)28(14-18-11-12-19(25)20(26)13-18)23(29)15-31-22-10-8-7-9-16(22)3/h7-13,17,21H,5-6,14-15H2,1-4H3,(H,27,30)/t17-,21-/m0/s1. The van der Waals surface area contributed by atoms with Crippen molar-refractivity contribution < 1.29 is 14.3 Å². The van der Waals surface area contributed by atoms with Gasteiger partial charge in [-0.3, -0.25) is 9.59 Å². The Morgan fingerprint density at radius 1 is 1.06 bits per heavy atom. The van der Waals surface area contributed by atoms with E-state index in [-0.39, 0.29) is 31.0 Å². The zero-order valence-corrected chi connectivity index (χ0v) is 20.0. The molecule has 0 heterocycles. The molecular formula is C24H30Cl2N2O3. The van der Waals surface area contributed by atoms with Crippen LogP contribution in [0.3, 0.4) is 0 Å². The number of benzene rings is 2. The first-order valence-electron chi connectivity index (χ1n) is 10.5. The lowest BCUT2D eigenvalue weighted by molar-refractivity contribution is -0.143. The zero-order chi connectivity index (χ0) is 23.0. The van der Waals surface area contributed by atoms with Crippen LogP contribution >= 0.6 is 23.2 Å². The quantitative estimate of drug-likeness (QED) is 0.511. The molecule has 1 N–H and O–H groups in total. The summed E-state index contributed by atoms with van der Waals surface area (Å²) in [5, 5.41) is 3.82. The maximum absolute atomic E-state index is 13.2. The highest BCUT2D eigenvalue weighted by atomic mass is 35.5. The molecule has 0 unspecified atom stereocenters. The second kappa shape index (κ2) is 12.0. The van der Waals surface area contributed by atoms with Crippen molar-refractivity contribution in [1.29, 1.82) is 0 Å². The number of aryl methyl sites for hydroxylation is 1. The van der Waals surface area contributed by atoms with Crippen LogP contribution in [0.5, 0.6) is 5.75 Å². The normalized spacial score (nSPS) is 12.7. The molecular weight excluding hydrogens is 435 g/mol. The maximum Gasteiger partial charge on any atom is 0.261 e. The Balaban J connectivity index is 2.26. The van der Waals surface area contributed by atoms with Crippen LogP contribution in [0.25, 0.3) is 0 Å². The minimum atomic E-state index is -0.628. The lowest BCUT2D eigenvalue weighted by atomic mass is 10.1. The van der Waals surface area contributed by atoms with Crippen LogP contribution in [0.2, 0.25) is 10.0 Å². The molecule has 2 atom stereocenters. The van der Waals surface area contributed by atoms with Crippen molar-refractivity contribution in [2.24, 2.45) is 0 Å². The largest absolute Gasteiger partial charge is 0.484 e. The smallest absolute Gasteiger partial charge is 0.261 e. The second-order valence-electron chi connectivity index (χ2n) is 7.57. The number of hydrogen-bond acceptors (Lipinski definition) is 3. The number of nitrogens with zero attached hydrogens (tertiary/aromatic N) is 1. The van der Waals surface area contributed by atoms with E-state index in [4.69, 9.17) is 27.9 Å². The average molecular weight is 465 g/mol. The number of hydrogen-bond donors (Lipinski definition) is 1. The van der Waals surface area contributed by atoms with Crippen LogP contribution in [-0.2, 0) is 16.1 Å². The molecule has 168 valence electrons. The SMILES string of the molecule is CC[C@H](C)NC(=O)[C@H](CC)N(Cc1ccc(Cl)c(Cl)c1)C(=O)COc1ccccc1C. The first-order chi connectivity index (χ1) is 14.8. The van der Waals surface area contributed by atoms with Gasteiger partial charge in [-0.15, -0.1) is 0 Å². The third-order valence-electron chi connectivity index (χ3n) is 5.17. The molecule has 2 aromatic rings. The van der Waals surface area contributed by atoms with Gasteiger partial charge in [0.05, 0.1) is 10.0 Å². The molecule has 2 aromatic carbocycles. The van der Waals surface area contributed by atoms with E-state index in [1.165, 1.54) is 0 Å². The van der Waals surface area contributed by atoms with Crippen molar-refractivity contribution in [3.63, 3.8) is 0 Å². The first kappa shape index (κ1) is 25.0. The van der Waals surface area contributed by atoms with Crippen LogP contribution in [-0.4, -0.2) is 35.4 Å². The molecule has 0 spiro atoms.